The Morgan fingerprint density at radius 3 is 2.71 bits per heavy atom. The molecular formula is C14H23N5OS. The number of anilines is 1. The molecule has 1 saturated heterocycles. The average Bonchev–Trinajstić information content (AvgIpc) is 2.50. The summed E-state index contributed by atoms with van der Waals surface area (Å²) < 4.78 is 1.84. The molecule has 1 fully saturated rings. The third-order valence-electron chi connectivity index (χ3n) is 4.11. The molecule has 0 atom stereocenters. The Labute approximate surface area is 129 Å². The zero-order valence-corrected chi connectivity index (χ0v) is 13.6. The lowest BCUT2D eigenvalue weighted by Crippen LogP contribution is -2.47. The van der Waals surface area contributed by atoms with Crippen LogP contribution in [0.4, 0.5) is 5.82 Å². The van der Waals surface area contributed by atoms with Gasteiger partial charge in [-0.1, -0.05) is 18.7 Å². The van der Waals surface area contributed by atoms with Crippen LogP contribution in [0.3, 0.4) is 0 Å². The van der Waals surface area contributed by atoms with Crippen molar-refractivity contribution in [3.05, 3.63) is 15.9 Å². The lowest BCUT2D eigenvalue weighted by Gasteiger charge is -2.33. The third kappa shape index (κ3) is 3.09. The highest BCUT2D eigenvalue weighted by Gasteiger charge is 2.21. The van der Waals surface area contributed by atoms with Crippen molar-refractivity contribution in [3.63, 3.8) is 0 Å². The molecule has 0 aromatic carbocycles. The fraction of sp³-hybridized carbons (Fsp3) is 0.714. The van der Waals surface area contributed by atoms with E-state index in [0.29, 0.717) is 6.42 Å². The number of fused-ring (bicyclic) bond motifs is 1. The maximum Gasteiger partial charge on any atom is 0.259 e. The molecule has 21 heavy (non-hydrogen) atoms. The van der Waals surface area contributed by atoms with Gasteiger partial charge in [0, 0.05) is 38.5 Å². The summed E-state index contributed by atoms with van der Waals surface area (Å²) in [6.45, 7) is 6.80. The van der Waals surface area contributed by atoms with Crippen LogP contribution in [-0.2, 0) is 13.0 Å². The average molecular weight is 309 g/mol. The van der Waals surface area contributed by atoms with Gasteiger partial charge in [-0.25, -0.2) is 9.99 Å². The molecule has 0 saturated carbocycles. The quantitative estimate of drug-likeness (QED) is 0.837. The second-order valence-corrected chi connectivity index (χ2v) is 6.70. The van der Waals surface area contributed by atoms with Gasteiger partial charge in [-0.3, -0.25) is 9.36 Å². The van der Waals surface area contributed by atoms with Gasteiger partial charge in [0.05, 0.1) is 5.56 Å². The number of piperazine rings is 1. The minimum Gasteiger partial charge on any atom is -0.304 e. The van der Waals surface area contributed by atoms with E-state index in [0.717, 1.165) is 61.4 Å². The monoisotopic (exact) mass is 309 g/mol. The molecule has 0 bridgehead atoms. The Hall–Kier alpha value is -1.05. The first-order valence-electron chi connectivity index (χ1n) is 7.65. The molecule has 0 unspecified atom stereocenters. The predicted octanol–water partition coefficient (Wildman–Crippen LogP) is 0.876. The van der Waals surface area contributed by atoms with Gasteiger partial charge in [-0.2, -0.15) is 0 Å². The molecule has 7 heteroatoms. The summed E-state index contributed by atoms with van der Waals surface area (Å²) in [5.74, 6) is 1.80. The molecule has 0 amide bonds. The molecule has 6 nitrogen and oxygen atoms in total. The van der Waals surface area contributed by atoms with Crippen LogP contribution in [0.5, 0.6) is 0 Å². The number of nitrogens with one attached hydrogen (secondary N) is 1. The molecule has 1 aromatic rings. The largest absolute Gasteiger partial charge is 0.304 e. The number of thioether (sulfide) groups is 1. The van der Waals surface area contributed by atoms with Crippen LogP contribution in [0.15, 0.2) is 9.95 Å². The van der Waals surface area contributed by atoms with Crippen LogP contribution in [0, 0.1) is 0 Å². The molecule has 116 valence electrons. The van der Waals surface area contributed by atoms with E-state index in [1.54, 1.807) is 11.8 Å². The van der Waals surface area contributed by atoms with Crippen LogP contribution < -0.4 is 11.0 Å². The van der Waals surface area contributed by atoms with E-state index < -0.39 is 0 Å². The molecule has 1 aromatic heterocycles. The van der Waals surface area contributed by atoms with Crippen LogP contribution in [-0.4, -0.2) is 58.4 Å². The maximum absolute atomic E-state index is 12.6. The van der Waals surface area contributed by atoms with Crippen molar-refractivity contribution in [3.8, 4) is 0 Å². The number of rotatable bonds is 3. The van der Waals surface area contributed by atoms with Gasteiger partial charge < -0.3 is 10.3 Å². The zero-order valence-electron chi connectivity index (χ0n) is 12.8. The normalized spacial score (nSPS) is 20.3. The second-order valence-electron chi connectivity index (χ2n) is 5.64. The molecule has 3 rings (SSSR count). The van der Waals surface area contributed by atoms with Gasteiger partial charge in [0.1, 0.15) is 0 Å². The van der Waals surface area contributed by atoms with Gasteiger partial charge in [0.15, 0.2) is 11.0 Å². The number of nitrogens with zero attached hydrogens (tertiary/aromatic N) is 4. The number of hydrogen-bond donors (Lipinski definition) is 1. The van der Waals surface area contributed by atoms with Crippen LogP contribution in [0.1, 0.15) is 18.9 Å². The highest BCUT2D eigenvalue weighted by atomic mass is 32.2. The fourth-order valence-electron chi connectivity index (χ4n) is 2.75. The van der Waals surface area contributed by atoms with Gasteiger partial charge >= 0.3 is 0 Å². The lowest BCUT2D eigenvalue weighted by molar-refractivity contribution is 0.178. The molecule has 2 aliphatic rings. The summed E-state index contributed by atoms with van der Waals surface area (Å²) in [5, 5.41) is 3.03. The zero-order chi connectivity index (χ0) is 14.8. The highest BCUT2D eigenvalue weighted by Crippen LogP contribution is 2.24. The second kappa shape index (κ2) is 6.37. The van der Waals surface area contributed by atoms with Crippen molar-refractivity contribution in [1.82, 2.24) is 19.5 Å². The lowest BCUT2D eigenvalue weighted by atomic mass is 10.2. The molecular weight excluding hydrogens is 286 g/mol. The Morgan fingerprint density at radius 2 is 2.00 bits per heavy atom. The standard InChI is InChI=1S/C14H23N5OS/c1-3-11-12(16-18-8-6-17(2)7-9-18)15-14-19(13(11)20)5-4-10-21-14/h16H,3-10H2,1-2H3. The number of hydrazine groups is 1. The predicted molar refractivity (Wildman–Crippen MR) is 85.9 cm³/mol. The van der Waals surface area contributed by atoms with Crippen molar-refractivity contribution in [1.29, 1.82) is 0 Å². The van der Waals surface area contributed by atoms with Crippen LogP contribution in [0.25, 0.3) is 0 Å². The van der Waals surface area contributed by atoms with Crippen LogP contribution >= 0.6 is 11.8 Å². The summed E-state index contributed by atoms with van der Waals surface area (Å²) in [7, 11) is 2.13. The number of likely N-dealkylation sites (N-methyl/N-ethyl adjacent to an activating group) is 1. The maximum atomic E-state index is 12.6. The summed E-state index contributed by atoms with van der Waals surface area (Å²) in [6, 6.07) is 0. The molecule has 0 radical (unpaired) electrons. The minimum absolute atomic E-state index is 0.131. The molecule has 1 N–H and O–H groups in total. The highest BCUT2D eigenvalue weighted by molar-refractivity contribution is 7.99. The third-order valence-corrected chi connectivity index (χ3v) is 5.17. The smallest absolute Gasteiger partial charge is 0.259 e. The SMILES string of the molecule is CCc1c(NN2CCN(C)CC2)nc2n(c1=O)CCCS2. The molecule has 0 aliphatic carbocycles. The summed E-state index contributed by atoms with van der Waals surface area (Å²) >= 11 is 1.68. The topological polar surface area (TPSA) is 53.4 Å². The van der Waals surface area contributed by atoms with Crippen molar-refractivity contribution in [2.45, 2.75) is 31.5 Å². The number of aromatic nitrogens is 2. The Morgan fingerprint density at radius 1 is 1.24 bits per heavy atom. The van der Waals surface area contributed by atoms with E-state index in [1.807, 2.05) is 11.5 Å². The Bertz CT molecular complexity index is 565. The first kappa shape index (κ1) is 14.9. The van der Waals surface area contributed by atoms with E-state index in [9.17, 15) is 4.79 Å². The molecule has 0 spiro atoms. The summed E-state index contributed by atoms with van der Waals surface area (Å²) in [4.78, 5) is 19.6. The Balaban J connectivity index is 1.87. The molecule has 3 heterocycles. The van der Waals surface area contributed by atoms with Gasteiger partial charge in [0.25, 0.3) is 5.56 Å². The van der Waals surface area contributed by atoms with Crippen molar-refractivity contribution < 1.29 is 0 Å². The molecule has 2 aliphatic heterocycles. The van der Waals surface area contributed by atoms with Crippen molar-refractivity contribution in [2.24, 2.45) is 0 Å². The first-order chi connectivity index (χ1) is 10.2. The van der Waals surface area contributed by atoms with Crippen LogP contribution in [0.2, 0.25) is 0 Å². The van der Waals surface area contributed by atoms with Crippen molar-refractivity contribution >= 4 is 17.6 Å². The van der Waals surface area contributed by atoms with E-state index in [1.165, 1.54) is 0 Å². The number of hydrogen-bond acceptors (Lipinski definition) is 6. The first-order valence-corrected chi connectivity index (χ1v) is 8.64. The van der Waals surface area contributed by atoms with E-state index in [2.05, 4.69) is 22.4 Å². The summed E-state index contributed by atoms with van der Waals surface area (Å²) in [5.41, 5.74) is 4.32. The van der Waals surface area contributed by atoms with Gasteiger partial charge in [-0.15, -0.1) is 0 Å². The van der Waals surface area contributed by atoms with E-state index in [-0.39, 0.29) is 5.56 Å². The van der Waals surface area contributed by atoms with Crippen molar-refractivity contribution in [2.75, 3.05) is 44.4 Å². The fourth-order valence-corrected chi connectivity index (χ4v) is 3.69. The van der Waals surface area contributed by atoms with E-state index >= 15 is 0 Å². The summed E-state index contributed by atoms with van der Waals surface area (Å²) in [6.07, 6.45) is 1.76. The van der Waals surface area contributed by atoms with E-state index in [4.69, 9.17) is 4.98 Å². The van der Waals surface area contributed by atoms with Gasteiger partial charge in [0.2, 0.25) is 0 Å². The Kier molecular flexibility index (Phi) is 4.51. The minimum atomic E-state index is 0.131. The van der Waals surface area contributed by atoms with Gasteiger partial charge in [-0.05, 0) is 19.9 Å².